The molecule has 1 unspecified atom stereocenters. The van der Waals surface area contributed by atoms with Crippen LogP contribution in [0.5, 0.6) is 5.75 Å². The highest BCUT2D eigenvalue weighted by Gasteiger charge is 2.19. The van der Waals surface area contributed by atoms with Gasteiger partial charge in [-0.1, -0.05) is 11.8 Å². The van der Waals surface area contributed by atoms with E-state index in [9.17, 15) is 13.2 Å². The molecular formula is C20H21N3O4S2. The lowest BCUT2D eigenvalue weighted by Crippen LogP contribution is -2.15. The second-order valence-corrected chi connectivity index (χ2v) is 9.41. The van der Waals surface area contributed by atoms with E-state index in [2.05, 4.69) is 9.71 Å². The normalized spacial score (nSPS) is 12.4. The second-order valence-electron chi connectivity index (χ2n) is 6.35. The van der Waals surface area contributed by atoms with Gasteiger partial charge in [-0.2, -0.15) is 0 Å². The van der Waals surface area contributed by atoms with E-state index in [1.54, 1.807) is 37.6 Å². The molecule has 0 aliphatic heterocycles. The van der Waals surface area contributed by atoms with Crippen LogP contribution in [-0.2, 0) is 10.0 Å². The van der Waals surface area contributed by atoms with E-state index in [0.717, 1.165) is 17.7 Å². The number of methoxy groups -OCH3 is 1. The Morgan fingerprint density at radius 3 is 2.38 bits per heavy atom. The van der Waals surface area contributed by atoms with Gasteiger partial charge in [0.2, 0.25) is 10.0 Å². The van der Waals surface area contributed by atoms with E-state index in [4.69, 9.17) is 4.74 Å². The molecule has 29 heavy (non-hydrogen) atoms. The Kier molecular flexibility index (Phi) is 6.29. The van der Waals surface area contributed by atoms with Crippen molar-refractivity contribution in [1.82, 2.24) is 9.55 Å². The van der Waals surface area contributed by atoms with Crippen molar-refractivity contribution in [3.63, 3.8) is 0 Å². The number of hydrogen-bond donors (Lipinski definition) is 1. The topological polar surface area (TPSA) is 90.3 Å². The number of ether oxygens (including phenoxy) is 1. The number of Topliss-reactive ketones (excluding diaryl/α,β-unsaturated/α-hetero) is 1. The molecule has 0 aliphatic carbocycles. The molecule has 0 saturated heterocycles. The van der Waals surface area contributed by atoms with Gasteiger partial charge in [0.05, 0.1) is 18.6 Å². The number of nitrogens with zero attached hydrogens (tertiary/aromatic N) is 2. The average Bonchev–Trinajstić information content (AvgIpc) is 3.15. The Hall–Kier alpha value is -2.78. The summed E-state index contributed by atoms with van der Waals surface area (Å²) in [6, 6.07) is 13.9. The quantitative estimate of drug-likeness (QED) is 0.433. The number of thioether (sulfide) groups is 1. The number of hydrogen-bond acceptors (Lipinski definition) is 6. The van der Waals surface area contributed by atoms with Crippen LogP contribution in [0.25, 0.3) is 5.69 Å². The average molecular weight is 432 g/mol. The largest absolute Gasteiger partial charge is 0.497 e. The van der Waals surface area contributed by atoms with Gasteiger partial charge in [-0.15, -0.1) is 0 Å². The summed E-state index contributed by atoms with van der Waals surface area (Å²) >= 11 is 1.36. The maximum atomic E-state index is 12.8. The molecule has 1 heterocycles. The van der Waals surface area contributed by atoms with Crippen LogP contribution in [0.15, 0.2) is 66.1 Å². The third kappa shape index (κ3) is 5.39. The summed E-state index contributed by atoms with van der Waals surface area (Å²) in [6.07, 6.45) is 4.61. The van der Waals surface area contributed by atoms with Crippen molar-refractivity contribution in [1.29, 1.82) is 0 Å². The van der Waals surface area contributed by atoms with Gasteiger partial charge in [-0.25, -0.2) is 13.4 Å². The molecule has 7 nitrogen and oxygen atoms in total. The van der Waals surface area contributed by atoms with Crippen LogP contribution in [0.2, 0.25) is 0 Å². The Bertz CT molecular complexity index is 1090. The van der Waals surface area contributed by atoms with Crippen molar-refractivity contribution in [2.45, 2.75) is 17.3 Å². The molecule has 3 aromatic rings. The van der Waals surface area contributed by atoms with Crippen LogP contribution in [0, 0.1) is 0 Å². The number of ketones is 1. The van der Waals surface area contributed by atoms with E-state index in [1.807, 2.05) is 42.0 Å². The lowest BCUT2D eigenvalue weighted by Gasteiger charge is -2.13. The number of carbonyl (C=O) groups is 1. The van der Waals surface area contributed by atoms with Crippen molar-refractivity contribution in [2.75, 3.05) is 18.1 Å². The number of imidazole rings is 1. The highest BCUT2D eigenvalue weighted by molar-refractivity contribution is 8.00. The maximum Gasteiger partial charge on any atom is 0.229 e. The Balaban J connectivity index is 1.72. The zero-order valence-electron chi connectivity index (χ0n) is 16.2. The molecule has 152 valence electrons. The van der Waals surface area contributed by atoms with Crippen LogP contribution in [0.3, 0.4) is 0 Å². The molecule has 2 aromatic carbocycles. The first-order valence-corrected chi connectivity index (χ1v) is 11.5. The summed E-state index contributed by atoms with van der Waals surface area (Å²) < 4.78 is 32.1. The van der Waals surface area contributed by atoms with E-state index in [0.29, 0.717) is 16.4 Å². The molecule has 1 N–H and O–H groups in total. The first kappa shape index (κ1) is 20.9. The first-order valence-electron chi connectivity index (χ1n) is 8.73. The number of nitrogens with one attached hydrogen (secondary N) is 1. The van der Waals surface area contributed by atoms with E-state index < -0.39 is 10.0 Å². The molecule has 0 fully saturated rings. The van der Waals surface area contributed by atoms with Gasteiger partial charge in [0.25, 0.3) is 0 Å². The molecule has 0 spiro atoms. The van der Waals surface area contributed by atoms with Gasteiger partial charge in [0.1, 0.15) is 5.75 Å². The third-order valence-electron chi connectivity index (χ3n) is 4.08. The first-order chi connectivity index (χ1) is 13.8. The van der Waals surface area contributed by atoms with Gasteiger partial charge in [0, 0.05) is 29.3 Å². The van der Waals surface area contributed by atoms with Gasteiger partial charge in [0.15, 0.2) is 10.9 Å². The van der Waals surface area contributed by atoms with Crippen LogP contribution in [0.1, 0.15) is 17.3 Å². The molecular weight excluding hydrogens is 410 g/mol. The van der Waals surface area contributed by atoms with Crippen molar-refractivity contribution in [3.8, 4) is 11.4 Å². The number of anilines is 1. The number of carbonyl (C=O) groups excluding carboxylic acids is 1. The molecule has 9 heteroatoms. The molecule has 0 radical (unpaired) electrons. The monoisotopic (exact) mass is 431 g/mol. The number of rotatable bonds is 8. The van der Waals surface area contributed by atoms with Crippen LogP contribution in [0.4, 0.5) is 5.69 Å². The number of benzene rings is 2. The van der Waals surface area contributed by atoms with Gasteiger partial charge in [-0.3, -0.25) is 14.1 Å². The third-order valence-corrected chi connectivity index (χ3v) is 5.77. The zero-order chi connectivity index (χ0) is 21.0. The summed E-state index contributed by atoms with van der Waals surface area (Å²) in [5.41, 5.74) is 1.84. The maximum absolute atomic E-state index is 12.8. The fraction of sp³-hybridized carbons (Fsp3) is 0.200. The predicted octanol–water partition coefficient (Wildman–Crippen LogP) is 3.62. The SMILES string of the molecule is COc1ccc(-n2ccnc2SC(C)C(=O)c2ccc(NS(C)(=O)=O)cc2)cc1. The van der Waals surface area contributed by atoms with Crippen molar-refractivity contribution in [3.05, 3.63) is 66.5 Å². The fourth-order valence-electron chi connectivity index (χ4n) is 2.68. The zero-order valence-corrected chi connectivity index (χ0v) is 17.8. The molecule has 0 amide bonds. The highest BCUT2D eigenvalue weighted by atomic mass is 32.2. The van der Waals surface area contributed by atoms with E-state index in [1.165, 1.54) is 11.8 Å². The van der Waals surface area contributed by atoms with Crippen LogP contribution >= 0.6 is 11.8 Å². The lowest BCUT2D eigenvalue weighted by atomic mass is 10.1. The summed E-state index contributed by atoms with van der Waals surface area (Å²) in [5.74, 6) is 0.700. The van der Waals surface area contributed by atoms with Gasteiger partial charge in [-0.05, 0) is 55.5 Å². The molecule has 0 bridgehead atoms. The molecule has 1 atom stereocenters. The van der Waals surface area contributed by atoms with E-state index >= 15 is 0 Å². The molecule has 0 saturated carbocycles. The molecule has 1 aromatic heterocycles. The summed E-state index contributed by atoms with van der Waals surface area (Å²) in [6.45, 7) is 1.82. The predicted molar refractivity (Wildman–Crippen MR) is 115 cm³/mol. The van der Waals surface area contributed by atoms with Crippen LogP contribution in [-0.4, -0.2) is 42.4 Å². The van der Waals surface area contributed by atoms with E-state index in [-0.39, 0.29) is 11.0 Å². The molecule has 0 aliphatic rings. The smallest absolute Gasteiger partial charge is 0.229 e. The van der Waals surface area contributed by atoms with Crippen molar-refractivity contribution < 1.29 is 17.9 Å². The summed E-state index contributed by atoms with van der Waals surface area (Å²) in [5, 5.41) is 0.328. The minimum absolute atomic E-state index is 0.0646. The Morgan fingerprint density at radius 1 is 1.14 bits per heavy atom. The minimum atomic E-state index is -3.35. The van der Waals surface area contributed by atoms with Crippen molar-refractivity contribution >= 4 is 33.3 Å². The Morgan fingerprint density at radius 2 is 1.79 bits per heavy atom. The standard InChI is InChI=1S/C20H21N3O4S2/c1-14(19(24)15-4-6-16(7-5-15)22-29(3,25)26)28-20-21-12-13-23(20)17-8-10-18(27-2)11-9-17/h4-14,22H,1-3H3. The van der Waals surface area contributed by atoms with Crippen LogP contribution < -0.4 is 9.46 Å². The lowest BCUT2D eigenvalue weighted by molar-refractivity contribution is 0.0994. The van der Waals surface area contributed by atoms with Gasteiger partial charge >= 0.3 is 0 Å². The van der Waals surface area contributed by atoms with Crippen molar-refractivity contribution in [2.24, 2.45) is 0 Å². The highest BCUT2D eigenvalue weighted by Crippen LogP contribution is 2.27. The number of sulfonamides is 1. The van der Waals surface area contributed by atoms with Gasteiger partial charge < -0.3 is 4.74 Å². The minimum Gasteiger partial charge on any atom is -0.497 e. The Labute approximate surface area is 174 Å². The fourth-order valence-corrected chi connectivity index (χ4v) is 4.20. The number of aromatic nitrogens is 2. The summed E-state index contributed by atoms with van der Waals surface area (Å²) in [7, 11) is -1.74. The molecule has 3 rings (SSSR count). The summed E-state index contributed by atoms with van der Waals surface area (Å²) in [4.78, 5) is 17.2. The second kappa shape index (κ2) is 8.71.